The molecule has 0 atom stereocenters. The maximum Gasteiger partial charge on any atom is 0.119 e. The zero-order chi connectivity index (χ0) is 9.14. The molecular weight excluding hydrogens is 216 g/mol. The number of hydrogen-bond acceptors (Lipinski definition) is 1. The fourth-order valence-corrected chi connectivity index (χ4v) is 1.36. The lowest BCUT2D eigenvalue weighted by atomic mass is 10.1. The number of allylic oxidation sites excluding steroid dienone is 1. The molecule has 0 radical (unpaired) electrons. The SMILES string of the molecule is C=C(Br)Cc1cc(C)ccc1O. The summed E-state index contributed by atoms with van der Waals surface area (Å²) in [6, 6.07) is 5.55. The lowest BCUT2D eigenvalue weighted by Crippen LogP contribution is -1.85. The Kier molecular flexibility index (Phi) is 2.93. The van der Waals surface area contributed by atoms with Gasteiger partial charge in [0, 0.05) is 6.42 Å². The third-order valence-electron chi connectivity index (χ3n) is 1.62. The van der Waals surface area contributed by atoms with Crippen molar-refractivity contribution in [3.63, 3.8) is 0 Å². The number of rotatable bonds is 2. The quantitative estimate of drug-likeness (QED) is 0.822. The van der Waals surface area contributed by atoms with E-state index in [0.29, 0.717) is 12.2 Å². The van der Waals surface area contributed by atoms with Crippen LogP contribution in [0, 0.1) is 6.92 Å². The molecule has 2 heteroatoms. The first-order valence-electron chi connectivity index (χ1n) is 3.71. The predicted octanol–water partition coefficient (Wildman–Crippen LogP) is 3.15. The summed E-state index contributed by atoms with van der Waals surface area (Å²) >= 11 is 3.26. The van der Waals surface area contributed by atoms with Crippen molar-refractivity contribution in [2.24, 2.45) is 0 Å². The zero-order valence-electron chi connectivity index (χ0n) is 6.97. The largest absolute Gasteiger partial charge is 0.508 e. The van der Waals surface area contributed by atoms with Crippen LogP contribution in [-0.4, -0.2) is 5.11 Å². The van der Waals surface area contributed by atoms with E-state index < -0.39 is 0 Å². The van der Waals surface area contributed by atoms with Gasteiger partial charge in [-0.05, 0) is 23.0 Å². The van der Waals surface area contributed by atoms with Gasteiger partial charge < -0.3 is 5.11 Å². The summed E-state index contributed by atoms with van der Waals surface area (Å²) in [7, 11) is 0. The monoisotopic (exact) mass is 226 g/mol. The second kappa shape index (κ2) is 3.76. The molecule has 0 amide bonds. The Morgan fingerprint density at radius 3 is 2.83 bits per heavy atom. The van der Waals surface area contributed by atoms with E-state index in [2.05, 4.69) is 22.5 Å². The van der Waals surface area contributed by atoms with E-state index in [1.165, 1.54) is 0 Å². The molecular formula is C10H11BrO. The van der Waals surface area contributed by atoms with Gasteiger partial charge in [-0.25, -0.2) is 0 Å². The Labute approximate surface area is 80.9 Å². The van der Waals surface area contributed by atoms with Crippen LogP contribution in [0.25, 0.3) is 0 Å². The van der Waals surface area contributed by atoms with Crippen LogP contribution in [0.15, 0.2) is 29.3 Å². The highest BCUT2D eigenvalue weighted by molar-refractivity contribution is 9.11. The maximum atomic E-state index is 9.42. The fraction of sp³-hybridized carbons (Fsp3) is 0.200. The molecule has 64 valence electrons. The molecule has 0 unspecified atom stereocenters. The van der Waals surface area contributed by atoms with Crippen molar-refractivity contribution in [3.05, 3.63) is 40.4 Å². The van der Waals surface area contributed by atoms with Gasteiger partial charge in [-0.3, -0.25) is 0 Å². The summed E-state index contributed by atoms with van der Waals surface area (Å²) in [6.45, 7) is 5.73. The molecule has 0 aliphatic rings. The van der Waals surface area contributed by atoms with Crippen molar-refractivity contribution in [2.45, 2.75) is 13.3 Å². The Morgan fingerprint density at radius 1 is 1.58 bits per heavy atom. The van der Waals surface area contributed by atoms with Crippen molar-refractivity contribution in [3.8, 4) is 5.75 Å². The van der Waals surface area contributed by atoms with Crippen molar-refractivity contribution >= 4 is 15.9 Å². The van der Waals surface area contributed by atoms with Gasteiger partial charge in [-0.1, -0.05) is 40.2 Å². The molecule has 12 heavy (non-hydrogen) atoms. The number of phenols is 1. The van der Waals surface area contributed by atoms with E-state index in [9.17, 15) is 5.11 Å². The van der Waals surface area contributed by atoms with Gasteiger partial charge in [-0.2, -0.15) is 0 Å². The Bertz CT molecular complexity index is 305. The molecule has 1 nitrogen and oxygen atoms in total. The van der Waals surface area contributed by atoms with E-state index in [0.717, 1.165) is 15.6 Å². The van der Waals surface area contributed by atoms with Crippen molar-refractivity contribution in [2.75, 3.05) is 0 Å². The number of hydrogen-bond donors (Lipinski definition) is 1. The van der Waals surface area contributed by atoms with E-state index in [1.807, 2.05) is 19.1 Å². The number of halogens is 1. The topological polar surface area (TPSA) is 20.2 Å². The summed E-state index contributed by atoms with van der Waals surface area (Å²) < 4.78 is 0.878. The molecule has 0 aliphatic heterocycles. The van der Waals surface area contributed by atoms with E-state index in [1.54, 1.807) is 6.07 Å². The minimum Gasteiger partial charge on any atom is -0.508 e. The van der Waals surface area contributed by atoms with E-state index >= 15 is 0 Å². The normalized spacial score (nSPS) is 9.83. The van der Waals surface area contributed by atoms with Crippen molar-refractivity contribution < 1.29 is 5.11 Å². The Hall–Kier alpha value is -0.760. The summed E-state index contributed by atoms with van der Waals surface area (Å²) in [6.07, 6.45) is 0.674. The minimum atomic E-state index is 0.334. The van der Waals surface area contributed by atoms with Crippen molar-refractivity contribution in [1.82, 2.24) is 0 Å². The van der Waals surface area contributed by atoms with Gasteiger partial charge in [-0.15, -0.1) is 0 Å². The van der Waals surface area contributed by atoms with Crippen LogP contribution in [0.2, 0.25) is 0 Å². The lowest BCUT2D eigenvalue weighted by molar-refractivity contribution is 0.469. The summed E-state index contributed by atoms with van der Waals surface area (Å²) in [4.78, 5) is 0. The van der Waals surface area contributed by atoms with Crippen molar-refractivity contribution in [1.29, 1.82) is 0 Å². The number of aromatic hydroxyl groups is 1. The van der Waals surface area contributed by atoms with Gasteiger partial charge in [0.25, 0.3) is 0 Å². The second-order valence-electron chi connectivity index (χ2n) is 2.83. The molecule has 1 rings (SSSR count). The second-order valence-corrected chi connectivity index (χ2v) is 3.95. The average Bonchev–Trinajstić information content (AvgIpc) is 1.96. The van der Waals surface area contributed by atoms with Gasteiger partial charge in [0.1, 0.15) is 5.75 Å². The molecule has 0 aliphatic carbocycles. The van der Waals surface area contributed by atoms with Gasteiger partial charge >= 0.3 is 0 Å². The first kappa shape index (κ1) is 9.33. The van der Waals surface area contributed by atoms with Crippen LogP contribution < -0.4 is 0 Å². The van der Waals surface area contributed by atoms with Crippen LogP contribution in [0.3, 0.4) is 0 Å². The van der Waals surface area contributed by atoms with Crippen LogP contribution in [0.1, 0.15) is 11.1 Å². The maximum absolute atomic E-state index is 9.42. The van der Waals surface area contributed by atoms with Crippen LogP contribution in [-0.2, 0) is 6.42 Å². The molecule has 0 fully saturated rings. The number of aryl methyl sites for hydroxylation is 1. The first-order chi connectivity index (χ1) is 5.59. The average molecular weight is 227 g/mol. The predicted molar refractivity (Wildman–Crippen MR) is 54.6 cm³/mol. The van der Waals surface area contributed by atoms with Gasteiger partial charge in [0.15, 0.2) is 0 Å². The van der Waals surface area contributed by atoms with Crippen LogP contribution >= 0.6 is 15.9 Å². The molecule has 1 N–H and O–H groups in total. The highest BCUT2D eigenvalue weighted by atomic mass is 79.9. The Morgan fingerprint density at radius 2 is 2.25 bits per heavy atom. The highest BCUT2D eigenvalue weighted by Crippen LogP contribution is 2.22. The van der Waals surface area contributed by atoms with E-state index in [-0.39, 0.29) is 0 Å². The smallest absolute Gasteiger partial charge is 0.119 e. The van der Waals surface area contributed by atoms with Crippen LogP contribution in [0.5, 0.6) is 5.75 Å². The molecule has 0 saturated carbocycles. The van der Waals surface area contributed by atoms with Gasteiger partial charge in [0.05, 0.1) is 0 Å². The zero-order valence-corrected chi connectivity index (χ0v) is 8.56. The molecule has 0 aromatic heterocycles. The lowest BCUT2D eigenvalue weighted by Gasteiger charge is -2.03. The molecule has 1 aromatic rings. The third-order valence-corrected chi connectivity index (χ3v) is 1.90. The molecule has 0 bridgehead atoms. The van der Waals surface area contributed by atoms with Crippen LogP contribution in [0.4, 0.5) is 0 Å². The Balaban J connectivity index is 2.97. The first-order valence-corrected chi connectivity index (χ1v) is 4.50. The summed E-state index contributed by atoms with van der Waals surface area (Å²) in [5, 5.41) is 9.42. The molecule has 0 heterocycles. The minimum absolute atomic E-state index is 0.334. The third kappa shape index (κ3) is 2.38. The standard InChI is InChI=1S/C10H11BrO/c1-7-3-4-10(12)9(5-7)6-8(2)11/h3-5,12H,2,6H2,1H3. The number of benzene rings is 1. The van der Waals surface area contributed by atoms with Gasteiger partial charge in [0.2, 0.25) is 0 Å². The molecule has 1 aromatic carbocycles. The van der Waals surface area contributed by atoms with E-state index in [4.69, 9.17) is 0 Å². The highest BCUT2D eigenvalue weighted by Gasteiger charge is 2.01. The summed E-state index contributed by atoms with van der Waals surface area (Å²) in [5.41, 5.74) is 2.06. The summed E-state index contributed by atoms with van der Waals surface area (Å²) in [5.74, 6) is 0.334. The number of phenolic OH excluding ortho intramolecular Hbond substituents is 1. The molecule has 0 spiro atoms. The fourth-order valence-electron chi connectivity index (χ4n) is 1.06. The molecule has 0 saturated heterocycles.